The maximum atomic E-state index is 5.75. The largest absolute Gasteiger partial charge is 0.378 e. The summed E-state index contributed by atoms with van der Waals surface area (Å²) >= 11 is 0. The van der Waals surface area contributed by atoms with E-state index in [4.69, 9.17) is 9.47 Å². The second-order valence-corrected chi connectivity index (χ2v) is 5.59. The van der Waals surface area contributed by atoms with Crippen molar-refractivity contribution in [3.63, 3.8) is 0 Å². The van der Waals surface area contributed by atoms with E-state index in [-0.39, 0.29) is 6.10 Å². The molecule has 1 aromatic heterocycles. The molecule has 3 rings (SSSR count). The van der Waals surface area contributed by atoms with Crippen LogP contribution >= 0.6 is 0 Å². The molecule has 2 aliphatic rings. The van der Waals surface area contributed by atoms with E-state index in [2.05, 4.69) is 15.2 Å². The highest BCUT2D eigenvalue weighted by Crippen LogP contribution is 2.28. The number of aromatic nitrogens is 3. The highest BCUT2D eigenvalue weighted by molar-refractivity contribution is 4.92. The zero-order valence-corrected chi connectivity index (χ0v) is 11.5. The molecule has 2 fully saturated rings. The molecular formula is C13H22N4O2. The lowest BCUT2D eigenvalue weighted by atomic mass is 10.2. The summed E-state index contributed by atoms with van der Waals surface area (Å²) in [6, 6.07) is 0. The van der Waals surface area contributed by atoms with Crippen molar-refractivity contribution >= 4 is 0 Å². The molecule has 1 aliphatic heterocycles. The van der Waals surface area contributed by atoms with Crippen molar-refractivity contribution in [3.8, 4) is 0 Å². The van der Waals surface area contributed by atoms with Gasteiger partial charge in [0.1, 0.15) is 0 Å². The molecule has 6 nitrogen and oxygen atoms in total. The van der Waals surface area contributed by atoms with Crippen LogP contribution in [0.4, 0.5) is 0 Å². The van der Waals surface area contributed by atoms with E-state index in [1.807, 2.05) is 13.2 Å². The fourth-order valence-electron chi connectivity index (χ4n) is 2.37. The molecule has 1 saturated carbocycles. The Morgan fingerprint density at radius 2 is 2.32 bits per heavy atom. The first-order valence-electron chi connectivity index (χ1n) is 7.06. The third-order valence-corrected chi connectivity index (χ3v) is 3.61. The Morgan fingerprint density at radius 3 is 3.05 bits per heavy atom. The minimum Gasteiger partial charge on any atom is -0.378 e. The van der Waals surface area contributed by atoms with Crippen molar-refractivity contribution in [2.24, 2.45) is 13.0 Å². The van der Waals surface area contributed by atoms with Crippen LogP contribution < -0.4 is 0 Å². The zero-order valence-electron chi connectivity index (χ0n) is 11.5. The van der Waals surface area contributed by atoms with Gasteiger partial charge in [0, 0.05) is 39.5 Å². The van der Waals surface area contributed by atoms with Crippen molar-refractivity contribution < 1.29 is 9.47 Å². The third kappa shape index (κ3) is 3.99. The lowest BCUT2D eigenvalue weighted by molar-refractivity contribution is -0.0725. The van der Waals surface area contributed by atoms with Crippen molar-refractivity contribution in [1.29, 1.82) is 0 Å². The molecule has 19 heavy (non-hydrogen) atoms. The zero-order chi connectivity index (χ0) is 13.1. The standard InChI is InChI=1S/C13H22N4O2/c1-16-6-12(14-15-16)7-17-4-5-19-13(8-17)10-18-9-11-2-3-11/h6,11,13H,2-5,7-10H2,1H3. The molecule has 106 valence electrons. The van der Waals surface area contributed by atoms with Gasteiger partial charge in [-0.3, -0.25) is 9.58 Å². The van der Waals surface area contributed by atoms with E-state index < -0.39 is 0 Å². The van der Waals surface area contributed by atoms with Crippen molar-refractivity contribution in [3.05, 3.63) is 11.9 Å². The van der Waals surface area contributed by atoms with Gasteiger partial charge in [-0.25, -0.2) is 0 Å². The Balaban J connectivity index is 1.41. The normalized spacial score (nSPS) is 24.8. The molecule has 1 saturated heterocycles. The molecule has 0 amide bonds. The molecule has 1 unspecified atom stereocenters. The quantitative estimate of drug-likeness (QED) is 0.748. The van der Waals surface area contributed by atoms with Crippen LogP contribution in [0.3, 0.4) is 0 Å². The first-order valence-corrected chi connectivity index (χ1v) is 7.06. The first-order chi connectivity index (χ1) is 9.29. The molecule has 0 aromatic carbocycles. The van der Waals surface area contributed by atoms with Gasteiger partial charge in [-0.2, -0.15) is 0 Å². The molecule has 0 N–H and O–H groups in total. The third-order valence-electron chi connectivity index (χ3n) is 3.61. The maximum Gasteiger partial charge on any atom is 0.0967 e. The van der Waals surface area contributed by atoms with E-state index in [0.717, 1.165) is 44.5 Å². The minimum absolute atomic E-state index is 0.198. The lowest BCUT2D eigenvalue weighted by Crippen LogP contribution is -2.44. The Kier molecular flexibility index (Phi) is 4.10. The summed E-state index contributed by atoms with van der Waals surface area (Å²) in [5.74, 6) is 0.819. The van der Waals surface area contributed by atoms with E-state index >= 15 is 0 Å². The average molecular weight is 266 g/mol. The molecule has 1 atom stereocenters. The number of morpholine rings is 1. The second-order valence-electron chi connectivity index (χ2n) is 5.59. The van der Waals surface area contributed by atoms with E-state index in [0.29, 0.717) is 6.61 Å². The molecule has 0 bridgehead atoms. The summed E-state index contributed by atoms with van der Waals surface area (Å²) in [6.45, 7) is 5.11. The number of hydrogen-bond donors (Lipinski definition) is 0. The monoisotopic (exact) mass is 266 g/mol. The smallest absolute Gasteiger partial charge is 0.0967 e. The molecule has 0 radical (unpaired) electrons. The van der Waals surface area contributed by atoms with Crippen LogP contribution in [0.2, 0.25) is 0 Å². The fraction of sp³-hybridized carbons (Fsp3) is 0.846. The number of rotatable bonds is 6. The number of ether oxygens (including phenoxy) is 2. The van der Waals surface area contributed by atoms with E-state index in [1.54, 1.807) is 4.68 Å². The highest BCUT2D eigenvalue weighted by atomic mass is 16.5. The van der Waals surface area contributed by atoms with Gasteiger partial charge in [-0.1, -0.05) is 5.21 Å². The van der Waals surface area contributed by atoms with Crippen LogP contribution in [0.15, 0.2) is 6.20 Å². The van der Waals surface area contributed by atoms with Gasteiger partial charge in [-0.15, -0.1) is 5.10 Å². The maximum absolute atomic E-state index is 5.75. The summed E-state index contributed by atoms with van der Waals surface area (Å²) in [7, 11) is 1.89. The molecule has 1 aromatic rings. The van der Waals surface area contributed by atoms with Gasteiger partial charge >= 0.3 is 0 Å². The molecule has 1 aliphatic carbocycles. The van der Waals surface area contributed by atoms with Gasteiger partial charge in [0.05, 0.1) is 25.0 Å². The predicted molar refractivity (Wildman–Crippen MR) is 69.6 cm³/mol. The number of nitrogens with zero attached hydrogens (tertiary/aromatic N) is 4. The topological polar surface area (TPSA) is 52.4 Å². The van der Waals surface area contributed by atoms with Crippen molar-refractivity contribution in [1.82, 2.24) is 19.9 Å². The first kappa shape index (κ1) is 13.0. The summed E-state index contributed by atoms with van der Waals surface area (Å²) in [6.07, 6.45) is 4.84. The average Bonchev–Trinajstić information content (AvgIpc) is 3.13. The van der Waals surface area contributed by atoms with E-state index in [9.17, 15) is 0 Å². The fourth-order valence-corrected chi connectivity index (χ4v) is 2.37. The van der Waals surface area contributed by atoms with Crippen LogP contribution in [0, 0.1) is 5.92 Å². The Hall–Kier alpha value is -0.980. The van der Waals surface area contributed by atoms with Crippen molar-refractivity contribution in [2.75, 3.05) is 32.9 Å². The van der Waals surface area contributed by atoms with Gasteiger partial charge in [0.25, 0.3) is 0 Å². The number of aryl methyl sites for hydroxylation is 1. The summed E-state index contributed by atoms with van der Waals surface area (Å²) in [4.78, 5) is 2.36. The number of hydrogen-bond acceptors (Lipinski definition) is 5. The Labute approximate surface area is 113 Å². The molecule has 0 spiro atoms. The van der Waals surface area contributed by atoms with Crippen LogP contribution in [-0.4, -0.2) is 58.9 Å². The van der Waals surface area contributed by atoms with Gasteiger partial charge in [-0.05, 0) is 18.8 Å². The lowest BCUT2D eigenvalue weighted by Gasteiger charge is -2.32. The summed E-state index contributed by atoms with van der Waals surface area (Å²) in [5.41, 5.74) is 1.02. The Bertz CT molecular complexity index is 405. The summed E-state index contributed by atoms with van der Waals surface area (Å²) < 4.78 is 13.2. The molecule has 2 heterocycles. The second kappa shape index (κ2) is 5.98. The molecule has 6 heteroatoms. The van der Waals surface area contributed by atoms with E-state index in [1.165, 1.54) is 12.8 Å². The van der Waals surface area contributed by atoms with Gasteiger partial charge < -0.3 is 9.47 Å². The SMILES string of the molecule is Cn1cc(CN2CCOC(COCC3CC3)C2)nn1. The van der Waals surface area contributed by atoms with Gasteiger partial charge in [0.2, 0.25) is 0 Å². The van der Waals surface area contributed by atoms with Crippen LogP contribution in [-0.2, 0) is 23.1 Å². The van der Waals surface area contributed by atoms with Crippen LogP contribution in [0.1, 0.15) is 18.5 Å². The predicted octanol–water partition coefficient (Wildman–Crippen LogP) is 0.442. The molecular weight excluding hydrogens is 244 g/mol. The van der Waals surface area contributed by atoms with Crippen LogP contribution in [0.25, 0.3) is 0 Å². The van der Waals surface area contributed by atoms with Crippen molar-refractivity contribution in [2.45, 2.75) is 25.5 Å². The van der Waals surface area contributed by atoms with Crippen LogP contribution in [0.5, 0.6) is 0 Å². The van der Waals surface area contributed by atoms with Gasteiger partial charge in [0.15, 0.2) is 0 Å². The Morgan fingerprint density at radius 1 is 1.42 bits per heavy atom. The highest BCUT2D eigenvalue weighted by Gasteiger charge is 2.24. The summed E-state index contributed by atoms with van der Waals surface area (Å²) in [5, 5.41) is 8.09. The minimum atomic E-state index is 0.198.